The van der Waals surface area contributed by atoms with Crippen LogP contribution in [-0.4, -0.2) is 13.1 Å². The minimum atomic E-state index is 0. The number of hydrogen-bond acceptors (Lipinski definition) is 1. The van der Waals surface area contributed by atoms with Crippen molar-refractivity contribution in [2.45, 2.75) is 19.3 Å². The van der Waals surface area contributed by atoms with E-state index in [0.717, 1.165) is 5.92 Å². The first kappa shape index (κ1) is 8.09. The summed E-state index contributed by atoms with van der Waals surface area (Å²) in [4.78, 5) is 0. The van der Waals surface area contributed by atoms with E-state index in [4.69, 9.17) is 0 Å². The first-order valence-corrected chi connectivity index (χ1v) is 3.86. The van der Waals surface area contributed by atoms with Crippen molar-refractivity contribution in [2.75, 3.05) is 13.1 Å². The van der Waals surface area contributed by atoms with Crippen molar-refractivity contribution in [3.8, 4) is 0 Å². The molecule has 1 N–H and O–H groups in total. The highest BCUT2D eigenvalue weighted by atomic mass is 35.5. The third kappa shape index (κ3) is 1.35. The van der Waals surface area contributed by atoms with Crippen LogP contribution >= 0.6 is 12.4 Å². The average Bonchev–Trinajstić information content (AvgIpc) is 2.33. The lowest BCUT2D eigenvalue weighted by Crippen LogP contribution is -2.09. The van der Waals surface area contributed by atoms with E-state index in [1.54, 1.807) is 5.57 Å². The summed E-state index contributed by atoms with van der Waals surface area (Å²) in [5.74, 6) is 0.916. The SMILES string of the molecule is C1=C2CNCC2CCC1.Cl. The summed E-state index contributed by atoms with van der Waals surface area (Å²) in [5, 5.41) is 3.40. The van der Waals surface area contributed by atoms with E-state index >= 15 is 0 Å². The zero-order chi connectivity index (χ0) is 6.10. The number of hydrogen-bond donors (Lipinski definition) is 1. The van der Waals surface area contributed by atoms with Gasteiger partial charge in [-0.1, -0.05) is 11.6 Å². The molecule has 1 nitrogen and oxygen atoms in total. The van der Waals surface area contributed by atoms with Gasteiger partial charge in [0.1, 0.15) is 0 Å². The maximum Gasteiger partial charge on any atom is 0.0168 e. The molecule has 0 aromatic heterocycles. The molecule has 1 saturated heterocycles. The summed E-state index contributed by atoms with van der Waals surface area (Å²) in [5.41, 5.74) is 1.68. The van der Waals surface area contributed by atoms with Crippen LogP contribution in [0.1, 0.15) is 19.3 Å². The second kappa shape index (κ2) is 3.40. The topological polar surface area (TPSA) is 12.0 Å². The highest BCUT2D eigenvalue weighted by Gasteiger charge is 2.21. The van der Waals surface area contributed by atoms with Crippen molar-refractivity contribution >= 4 is 12.4 Å². The predicted octanol–water partition coefficient (Wildman–Crippen LogP) is 1.74. The molecule has 0 aromatic rings. The van der Waals surface area contributed by atoms with Crippen LogP contribution in [0.4, 0.5) is 0 Å². The van der Waals surface area contributed by atoms with E-state index in [-0.39, 0.29) is 12.4 Å². The molecule has 1 aliphatic carbocycles. The normalized spacial score (nSPS) is 30.4. The van der Waals surface area contributed by atoms with Gasteiger partial charge in [-0.15, -0.1) is 12.4 Å². The lowest BCUT2D eigenvalue weighted by Gasteiger charge is -2.14. The average molecular weight is 160 g/mol. The zero-order valence-corrected chi connectivity index (χ0v) is 6.91. The Hall–Kier alpha value is -0.0100. The van der Waals surface area contributed by atoms with E-state index in [2.05, 4.69) is 11.4 Å². The van der Waals surface area contributed by atoms with E-state index < -0.39 is 0 Å². The Kier molecular flexibility index (Phi) is 2.75. The molecule has 0 spiro atoms. The van der Waals surface area contributed by atoms with Gasteiger partial charge >= 0.3 is 0 Å². The number of allylic oxidation sites excluding steroid dienone is 1. The Labute approximate surface area is 68.3 Å². The van der Waals surface area contributed by atoms with Gasteiger partial charge < -0.3 is 5.32 Å². The summed E-state index contributed by atoms with van der Waals surface area (Å²) in [6.45, 7) is 2.41. The molecule has 1 unspecified atom stereocenters. The van der Waals surface area contributed by atoms with Gasteiger partial charge in [-0.25, -0.2) is 0 Å². The molecule has 2 heteroatoms. The lowest BCUT2D eigenvalue weighted by atomic mass is 9.91. The minimum absolute atomic E-state index is 0. The van der Waals surface area contributed by atoms with Crippen LogP contribution in [0.2, 0.25) is 0 Å². The molecule has 1 aliphatic heterocycles. The Balaban J connectivity index is 0.000000500. The molecule has 0 bridgehead atoms. The van der Waals surface area contributed by atoms with E-state index in [9.17, 15) is 0 Å². The van der Waals surface area contributed by atoms with E-state index in [1.165, 1.54) is 32.4 Å². The van der Waals surface area contributed by atoms with Gasteiger partial charge in [0.05, 0.1) is 0 Å². The van der Waals surface area contributed by atoms with Crippen molar-refractivity contribution in [1.82, 2.24) is 5.32 Å². The molecule has 0 radical (unpaired) electrons. The second-order valence-electron chi connectivity index (χ2n) is 3.04. The highest BCUT2D eigenvalue weighted by molar-refractivity contribution is 5.85. The molecular weight excluding hydrogens is 146 g/mol. The van der Waals surface area contributed by atoms with Gasteiger partial charge in [-0.05, 0) is 25.2 Å². The number of fused-ring (bicyclic) bond motifs is 1. The van der Waals surface area contributed by atoms with Crippen LogP contribution in [0.15, 0.2) is 11.6 Å². The molecule has 2 aliphatic rings. The Morgan fingerprint density at radius 2 is 2.40 bits per heavy atom. The van der Waals surface area contributed by atoms with Crippen LogP contribution in [0.25, 0.3) is 0 Å². The van der Waals surface area contributed by atoms with Gasteiger partial charge in [-0.3, -0.25) is 0 Å². The fourth-order valence-corrected chi connectivity index (χ4v) is 1.84. The van der Waals surface area contributed by atoms with Gasteiger partial charge in [0, 0.05) is 13.1 Å². The van der Waals surface area contributed by atoms with Crippen LogP contribution in [0.3, 0.4) is 0 Å². The summed E-state index contributed by atoms with van der Waals surface area (Å²) >= 11 is 0. The van der Waals surface area contributed by atoms with Crippen molar-refractivity contribution in [2.24, 2.45) is 5.92 Å². The van der Waals surface area contributed by atoms with Crippen LogP contribution in [0.5, 0.6) is 0 Å². The fourth-order valence-electron chi connectivity index (χ4n) is 1.84. The molecular formula is C8H14ClN. The Morgan fingerprint density at radius 3 is 3.20 bits per heavy atom. The third-order valence-electron chi connectivity index (χ3n) is 2.41. The first-order valence-electron chi connectivity index (χ1n) is 3.86. The highest BCUT2D eigenvalue weighted by Crippen LogP contribution is 2.26. The molecule has 2 rings (SSSR count). The van der Waals surface area contributed by atoms with E-state index in [0.29, 0.717) is 0 Å². The van der Waals surface area contributed by atoms with Crippen molar-refractivity contribution < 1.29 is 0 Å². The monoisotopic (exact) mass is 159 g/mol. The minimum Gasteiger partial charge on any atom is -0.312 e. The third-order valence-corrected chi connectivity index (χ3v) is 2.41. The van der Waals surface area contributed by atoms with Gasteiger partial charge in [-0.2, -0.15) is 0 Å². The fraction of sp³-hybridized carbons (Fsp3) is 0.750. The predicted molar refractivity (Wildman–Crippen MR) is 45.5 cm³/mol. The smallest absolute Gasteiger partial charge is 0.0168 e. The van der Waals surface area contributed by atoms with Crippen LogP contribution in [-0.2, 0) is 0 Å². The molecule has 0 aromatic carbocycles. The molecule has 1 atom stereocenters. The lowest BCUT2D eigenvalue weighted by molar-refractivity contribution is 0.546. The second-order valence-corrected chi connectivity index (χ2v) is 3.04. The Morgan fingerprint density at radius 1 is 1.50 bits per heavy atom. The Bertz CT molecular complexity index is 142. The van der Waals surface area contributed by atoms with Crippen molar-refractivity contribution in [3.63, 3.8) is 0 Å². The largest absolute Gasteiger partial charge is 0.312 e. The summed E-state index contributed by atoms with van der Waals surface area (Å²) in [6.07, 6.45) is 6.59. The molecule has 0 amide bonds. The first-order chi connectivity index (χ1) is 4.47. The number of rotatable bonds is 0. The molecule has 10 heavy (non-hydrogen) atoms. The van der Waals surface area contributed by atoms with Gasteiger partial charge in [0.2, 0.25) is 0 Å². The number of halogens is 1. The van der Waals surface area contributed by atoms with E-state index in [1.807, 2.05) is 0 Å². The molecule has 0 saturated carbocycles. The maximum absolute atomic E-state index is 3.40. The zero-order valence-electron chi connectivity index (χ0n) is 6.10. The van der Waals surface area contributed by atoms with Crippen molar-refractivity contribution in [1.29, 1.82) is 0 Å². The molecule has 1 heterocycles. The quantitative estimate of drug-likeness (QED) is 0.531. The van der Waals surface area contributed by atoms with Gasteiger partial charge in [0.15, 0.2) is 0 Å². The van der Waals surface area contributed by atoms with Crippen LogP contribution in [0, 0.1) is 5.92 Å². The van der Waals surface area contributed by atoms with Crippen LogP contribution < -0.4 is 5.32 Å². The molecule has 58 valence electrons. The number of nitrogens with one attached hydrogen (secondary N) is 1. The summed E-state index contributed by atoms with van der Waals surface area (Å²) in [6, 6.07) is 0. The van der Waals surface area contributed by atoms with Gasteiger partial charge in [0.25, 0.3) is 0 Å². The maximum atomic E-state index is 3.40. The standard InChI is InChI=1S/C8H13N.ClH/c1-2-4-8-6-9-5-7(8)3-1;/h3,8-9H,1-2,4-6H2;1H. The summed E-state index contributed by atoms with van der Waals surface area (Å²) < 4.78 is 0. The molecule has 1 fully saturated rings. The van der Waals surface area contributed by atoms with Crippen molar-refractivity contribution in [3.05, 3.63) is 11.6 Å². The summed E-state index contributed by atoms with van der Waals surface area (Å²) in [7, 11) is 0.